The first-order valence-corrected chi connectivity index (χ1v) is 8.19. The molecule has 1 N–H and O–H groups in total. The van der Waals surface area contributed by atoms with Gasteiger partial charge in [-0.1, -0.05) is 59.2 Å². The van der Waals surface area contributed by atoms with Crippen LogP contribution in [-0.2, 0) is 4.79 Å². The quantitative estimate of drug-likeness (QED) is 0.680. The molecule has 1 aromatic rings. The number of hydrogen-bond acceptors (Lipinski definition) is 3. The van der Waals surface area contributed by atoms with Crippen molar-refractivity contribution in [2.45, 2.75) is 44.6 Å². The first-order chi connectivity index (χ1) is 9.93. The number of carbonyl (C=O) groups excluding carboxylic acids is 1. The van der Waals surface area contributed by atoms with Crippen molar-refractivity contribution < 1.29 is 14.6 Å². The van der Waals surface area contributed by atoms with Gasteiger partial charge in [-0.15, -0.1) is 0 Å². The number of hydrogen-bond donors (Lipinski definition) is 1. The number of rotatable bonds is 2. The molecule has 0 spiro atoms. The molecule has 0 radical (unpaired) electrons. The molecule has 1 saturated carbocycles. The SMILES string of the molecule is O=C1CCCCCCC1Oc1c(Cl)c(Cl)c(O)c(Cl)c1Cl. The van der Waals surface area contributed by atoms with Crippen LogP contribution in [0.15, 0.2) is 0 Å². The Morgan fingerprint density at radius 1 is 0.905 bits per heavy atom. The van der Waals surface area contributed by atoms with Crippen LogP contribution >= 0.6 is 46.4 Å². The van der Waals surface area contributed by atoms with Crippen LogP contribution < -0.4 is 4.74 Å². The van der Waals surface area contributed by atoms with Crippen LogP contribution in [0.3, 0.4) is 0 Å². The van der Waals surface area contributed by atoms with Gasteiger partial charge in [-0.25, -0.2) is 0 Å². The zero-order valence-corrected chi connectivity index (χ0v) is 14.1. The van der Waals surface area contributed by atoms with Gasteiger partial charge in [-0.05, 0) is 19.3 Å². The van der Waals surface area contributed by atoms with Crippen molar-refractivity contribution in [2.24, 2.45) is 0 Å². The molecule has 21 heavy (non-hydrogen) atoms. The van der Waals surface area contributed by atoms with Gasteiger partial charge in [0, 0.05) is 6.42 Å². The van der Waals surface area contributed by atoms with E-state index in [-0.39, 0.29) is 31.6 Å². The predicted octanol–water partition coefficient (Wildman–Crippen LogP) is 5.68. The van der Waals surface area contributed by atoms with Crippen LogP contribution in [0.5, 0.6) is 11.5 Å². The predicted molar refractivity (Wildman–Crippen MR) is 85.3 cm³/mol. The summed E-state index contributed by atoms with van der Waals surface area (Å²) in [7, 11) is 0. The smallest absolute Gasteiger partial charge is 0.173 e. The van der Waals surface area contributed by atoms with Gasteiger partial charge in [0.25, 0.3) is 0 Å². The van der Waals surface area contributed by atoms with Crippen molar-refractivity contribution in [1.82, 2.24) is 0 Å². The van der Waals surface area contributed by atoms with Crippen LogP contribution in [0.25, 0.3) is 0 Å². The Hall–Kier alpha value is -0.350. The first kappa shape index (κ1) is 17.0. The highest BCUT2D eigenvalue weighted by Gasteiger charge is 2.27. The maximum absolute atomic E-state index is 12.1. The fourth-order valence-electron chi connectivity index (χ4n) is 2.27. The van der Waals surface area contributed by atoms with E-state index in [9.17, 15) is 9.90 Å². The van der Waals surface area contributed by atoms with Crippen molar-refractivity contribution >= 4 is 52.2 Å². The standard InChI is InChI=1S/C14H14Cl4O3/c15-9-11(17)14(12(18)10(16)13(9)20)21-8-6-4-2-1-3-5-7(8)19/h8,20H,1-6H2. The Morgan fingerprint density at radius 2 is 1.48 bits per heavy atom. The molecule has 0 saturated heterocycles. The molecule has 0 heterocycles. The molecule has 0 bridgehead atoms. The summed E-state index contributed by atoms with van der Waals surface area (Å²) < 4.78 is 5.69. The lowest BCUT2D eigenvalue weighted by Crippen LogP contribution is -2.28. The zero-order chi connectivity index (χ0) is 15.6. The van der Waals surface area contributed by atoms with Crippen molar-refractivity contribution in [1.29, 1.82) is 0 Å². The third kappa shape index (κ3) is 3.70. The average molecular weight is 372 g/mol. The van der Waals surface area contributed by atoms with E-state index in [1.807, 2.05) is 0 Å². The van der Waals surface area contributed by atoms with E-state index < -0.39 is 11.9 Å². The monoisotopic (exact) mass is 370 g/mol. The number of carbonyl (C=O) groups is 1. The summed E-state index contributed by atoms with van der Waals surface area (Å²) in [5.41, 5.74) is 0. The van der Waals surface area contributed by atoms with E-state index in [0.717, 1.165) is 25.7 Å². The van der Waals surface area contributed by atoms with Crippen LogP contribution in [0, 0.1) is 0 Å². The molecule has 3 nitrogen and oxygen atoms in total. The Balaban J connectivity index is 2.32. The van der Waals surface area contributed by atoms with Gasteiger partial charge in [0.2, 0.25) is 0 Å². The molecule has 1 aliphatic carbocycles. The van der Waals surface area contributed by atoms with E-state index in [1.54, 1.807) is 0 Å². The molecule has 0 amide bonds. The number of phenols is 1. The molecule has 1 atom stereocenters. The van der Waals surface area contributed by atoms with Gasteiger partial charge in [-0.2, -0.15) is 0 Å². The second kappa shape index (κ2) is 7.28. The van der Waals surface area contributed by atoms with Crippen LogP contribution in [-0.4, -0.2) is 17.0 Å². The van der Waals surface area contributed by atoms with Gasteiger partial charge in [0.1, 0.15) is 20.1 Å². The van der Waals surface area contributed by atoms with Crippen molar-refractivity contribution in [2.75, 3.05) is 0 Å². The van der Waals surface area contributed by atoms with Gasteiger partial charge in [-0.3, -0.25) is 4.79 Å². The highest BCUT2D eigenvalue weighted by Crippen LogP contribution is 2.49. The molecule has 2 rings (SSSR count). The normalized spacial score (nSPS) is 20.0. The maximum Gasteiger partial charge on any atom is 0.173 e. The minimum absolute atomic E-state index is 0.0159. The number of ether oxygens (including phenoxy) is 1. The summed E-state index contributed by atoms with van der Waals surface area (Å²) in [4.78, 5) is 12.1. The summed E-state index contributed by atoms with van der Waals surface area (Å²) in [6.45, 7) is 0. The van der Waals surface area contributed by atoms with Crippen LogP contribution in [0.1, 0.15) is 38.5 Å². The third-order valence-electron chi connectivity index (χ3n) is 3.46. The Kier molecular flexibility index (Phi) is 5.89. The number of benzene rings is 1. The van der Waals surface area contributed by atoms with Gasteiger partial charge in [0.05, 0.1) is 0 Å². The highest BCUT2D eigenvalue weighted by atomic mass is 35.5. The Bertz CT molecular complexity index is 531. The molecular formula is C14H14Cl4O3. The molecule has 116 valence electrons. The summed E-state index contributed by atoms with van der Waals surface area (Å²) in [5, 5.41) is 9.31. The Morgan fingerprint density at radius 3 is 2.10 bits per heavy atom. The minimum Gasteiger partial charge on any atom is -0.505 e. The lowest BCUT2D eigenvalue weighted by molar-refractivity contribution is -0.126. The van der Waals surface area contributed by atoms with Crippen LogP contribution in [0.2, 0.25) is 20.1 Å². The highest BCUT2D eigenvalue weighted by molar-refractivity contribution is 6.50. The second-order valence-electron chi connectivity index (χ2n) is 4.96. The fraction of sp³-hybridized carbons (Fsp3) is 0.500. The number of halogens is 4. The third-order valence-corrected chi connectivity index (χ3v) is 5.11. The molecule has 1 unspecified atom stereocenters. The largest absolute Gasteiger partial charge is 0.505 e. The molecule has 1 fully saturated rings. The van der Waals surface area contributed by atoms with E-state index in [0.29, 0.717) is 12.8 Å². The fourth-order valence-corrected chi connectivity index (χ4v) is 3.19. The molecular weight excluding hydrogens is 358 g/mol. The van der Waals surface area contributed by atoms with Crippen molar-refractivity contribution in [3.05, 3.63) is 20.1 Å². The molecule has 1 aliphatic rings. The van der Waals surface area contributed by atoms with E-state index in [2.05, 4.69) is 0 Å². The lowest BCUT2D eigenvalue weighted by Gasteiger charge is -2.22. The summed E-state index contributed by atoms with van der Waals surface area (Å²) in [6.07, 6.45) is 4.32. The van der Waals surface area contributed by atoms with E-state index in [4.69, 9.17) is 51.1 Å². The Labute approximate surface area is 143 Å². The number of aromatic hydroxyl groups is 1. The van der Waals surface area contributed by atoms with Crippen molar-refractivity contribution in [3.8, 4) is 11.5 Å². The molecule has 1 aromatic carbocycles. The summed E-state index contributed by atoms with van der Waals surface area (Å²) in [6, 6.07) is 0. The second-order valence-corrected chi connectivity index (χ2v) is 6.47. The zero-order valence-electron chi connectivity index (χ0n) is 11.1. The maximum atomic E-state index is 12.1. The topological polar surface area (TPSA) is 46.5 Å². The van der Waals surface area contributed by atoms with Crippen molar-refractivity contribution in [3.63, 3.8) is 0 Å². The minimum atomic E-state index is -0.614. The number of phenolic OH excluding ortho intramolecular Hbond substituents is 1. The summed E-state index contributed by atoms with van der Waals surface area (Å²) in [5.74, 6) is -0.336. The van der Waals surface area contributed by atoms with E-state index in [1.165, 1.54) is 0 Å². The number of ketones is 1. The number of Topliss-reactive ketones (excluding diaryl/α,β-unsaturated/α-hetero) is 1. The van der Waals surface area contributed by atoms with Gasteiger partial charge < -0.3 is 9.84 Å². The van der Waals surface area contributed by atoms with Gasteiger partial charge in [0.15, 0.2) is 23.4 Å². The first-order valence-electron chi connectivity index (χ1n) is 6.67. The van der Waals surface area contributed by atoms with E-state index >= 15 is 0 Å². The molecule has 7 heteroatoms. The summed E-state index contributed by atoms with van der Waals surface area (Å²) >= 11 is 23.9. The van der Waals surface area contributed by atoms with Crippen LogP contribution in [0.4, 0.5) is 0 Å². The van der Waals surface area contributed by atoms with Gasteiger partial charge >= 0.3 is 0 Å². The average Bonchev–Trinajstić information content (AvgIpc) is 2.46. The molecule has 0 aromatic heterocycles. The lowest BCUT2D eigenvalue weighted by atomic mass is 9.97. The molecule has 0 aliphatic heterocycles.